The van der Waals surface area contributed by atoms with Crippen molar-refractivity contribution in [3.05, 3.63) is 35.4 Å². The summed E-state index contributed by atoms with van der Waals surface area (Å²) in [6.45, 7) is 1.23. The molecule has 3 nitrogen and oxygen atoms in total. The summed E-state index contributed by atoms with van der Waals surface area (Å²) < 4.78 is 26.2. The molecule has 0 radical (unpaired) electrons. The number of aliphatic hydroxyl groups excluding tert-OH is 1. The molecule has 0 aliphatic heterocycles. The third kappa shape index (κ3) is 2.73. The normalized spacial score (nSPS) is 12.3. The van der Waals surface area contributed by atoms with Gasteiger partial charge in [0, 0.05) is 6.04 Å². The number of halogens is 2. The van der Waals surface area contributed by atoms with Crippen molar-refractivity contribution in [1.82, 2.24) is 5.32 Å². The van der Waals surface area contributed by atoms with Gasteiger partial charge in [-0.1, -0.05) is 6.07 Å². The Bertz CT molecular complexity index is 348. The van der Waals surface area contributed by atoms with E-state index in [9.17, 15) is 13.6 Å². The van der Waals surface area contributed by atoms with Gasteiger partial charge in [0.2, 0.25) is 0 Å². The number of carbonyl (C=O) groups excluding carboxylic acids is 1. The van der Waals surface area contributed by atoms with Crippen LogP contribution in [0.2, 0.25) is 0 Å². The summed E-state index contributed by atoms with van der Waals surface area (Å²) in [6, 6.07) is 2.64. The molecule has 5 heteroatoms. The Balaban J connectivity index is 2.91. The molecule has 0 bridgehead atoms. The molecule has 0 saturated heterocycles. The fraction of sp³-hybridized carbons (Fsp3) is 0.300. The van der Waals surface area contributed by atoms with Gasteiger partial charge in [0.05, 0.1) is 6.61 Å². The lowest BCUT2D eigenvalue weighted by molar-refractivity contribution is 0.0913. The molecule has 0 fully saturated rings. The molecule has 1 aromatic carbocycles. The lowest BCUT2D eigenvalue weighted by Gasteiger charge is -2.11. The van der Waals surface area contributed by atoms with Crippen LogP contribution in [0.5, 0.6) is 0 Å². The predicted octanol–water partition coefficient (Wildman–Crippen LogP) is 1.08. The minimum atomic E-state index is -0.919. The first-order chi connectivity index (χ1) is 7.06. The van der Waals surface area contributed by atoms with Gasteiger partial charge in [-0.25, -0.2) is 8.78 Å². The van der Waals surface area contributed by atoms with E-state index in [1.54, 1.807) is 0 Å². The Morgan fingerprint density at radius 3 is 2.47 bits per heavy atom. The Labute approximate surface area is 85.7 Å². The number of hydrogen-bond acceptors (Lipinski definition) is 2. The fourth-order valence-electron chi connectivity index (χ4n) is 1.06. The van der Waals surface area contributed by atoms with Gasteiger partial charge in [0.15, 0.2) is 0 Å². The van der Waals surface area contributed by atoms with E-state index in [0.29, 0.717) is 0 Å². The van der Waals surface area contributed by atoms with Crippen molar-refractivity contribution in [2.24, 2.45) is 0 Å². The molecule has 1 rings (SSSR count). The number of benzene rings is 1. The highest BCUT2D eigenvalue weighted by Gasteiger charge is 2.17. The van der Waals surface area contributed by atoms with Crippen LogP contribution < -0.4 is 5.32 Å². The first kappa shape index (κ1) is 11.6. The monoisotopic (exact) mass is 215 g/mol. The van der Waals surface area contributed by atoms with Crippen LogP contribution in [0.1, 0.15) is 17.3 Å². The average molecular weight is 215 g/mol. The van der Waals surface area contributed by atoms with Gasteiger partial charge in [-0.05, 0) is 19.1 Å². The SMILES string of the molecule is C[C@@H](CO)NC(=O)c1c(F)cccc1F. The molecule has 82 valence electrons. The molecule has 0 saturated carbocycles. The largest absolute Gasteiger partial charge is 0.394 e. The number of rotatable bonds is 3. The van der Waals surface area contributed by atoms with Crippen molar-refractivity contribution < 1.29 is 18.7 Å². The van der Waals surface area contributed by atoms with Crippen LogP contribution in [0.4, 0.5) is 8.78 Å². The summed E-state index contributed by atoms with van der Waals surface area (Å²) in [5.41, 5.74) is -0.627. The van der Waals surface area contributed by atoms with E-state index in [-0.39, 0.29) is 6.61 Å². The van der Waals surface area contributed by atoms with E-state index in [1.165, 1.54) is 13.0 Å². The predicted molar refractivity (Wildman–Crippen MR) is 50.4 cm³/mol. The van der Waals surface area contributed by atoms with E-state index in [2.05, 4.69) is 5.32 Å². The molecule has 1 aromatic rings. The molecule has 0 unspecified atom stereocenters. The lowest BCUT2D eigenvalue weighted by Crippen LogP contribution is -2.36. The third-order valence-electron chi connectivity index (χ3n) is 1.84. The zero-order valence-corrected chi connectivity index (χ0v) is 8.13. The van der Waals surface area contributed by atoms with Gasteiger partial charge in [-0.2, -0.15) is 0 Å². The molecule has 15 heavy (non-hydrogen) atoms. The van der Waals surface area contributed by atoms with Gasteiger partial charge >= 0.3 is 0 Å². The average Bonchev–Trinajstić information content (AvgIpc) is 2.17. The number of aliphatic hydroxyl groups is 1. The van der Waals surface area contributed by atoms with Crippen LogP contribution in [0.3, 0.4) is 0 Å². The topological polar surface area (TPSA) is 49.3 Å². The maximum atomic E-state index is 13.1. The summed E-state index contributed by atoms with van der Waals surface area (Å²) >= 11 is 0. The number of nitrogens with one attached hydrogen (secondary N) is 1. The van der Waals surface area contributed by atoms with Gasteiger partial charge in [-0.3, -0.25) is 4.79 Å². The Morgan fingerprint density at radius 1 is 1.47 bits per heavy atom. The molecule has 1 amide bonds. The highest BCUT2D eigenvalue weighted by atomic mass is 19.1. The van der Waals surface area contributed by atoms with Crippen molar-refractivity contribution >= 4 is 5.91 Å². The van der Waals surface area contributed by atoms with E-state index in [1.807, 2.05) is 0 Å². The quantitative estimate of drug-likeness (QED) is 0.792. The number of hydrogen-bond donors (Lipinski definition) is 2. The van der Waals surface area contributed by atoms with Crippen LogP contribution in [-0.2, 0) is 0 Å². The highest BCUT2D eigenvalue weighted by molar-refractivity contribution is 5.94. The second kappa shape index (κ2) is 4.84. The van der Waals surface area contributed by atoms with Crippen LogP contribution >= 0.6 is 0 Å². The van der Waals surface area contributed by atoms with E-state index < -0.39 is 29.1 Å². The molecule has 0 aliphatic rings. The molecular formula is C10H11F2NO2. The number of amides is 1. The van der Waals surface area contributed by atoms with Gasteiger partial charge in [0.1, 0.15) is 17.2 Å². The molecule has 0 aliphatic carbocycles. The van der Waals surface area contributed by atoms with E-state index in [4.69, 9.17) is 5.11 Å². The molecule has 0 heterocycles. The molecule has 0 aromatic heterocycles. The summed E-state index contributed by atoms with van der Waals surface area (Å²) in [4.78, 5) is 11.4. The van der Waals surface area contributed by atoms with Gasteiger partial charge in [0.25, 0.3) is 5.91 Å². The lowest BCUT2D eigenvalue weighted by atomic mass is 10.1. The maximum absolute atomic E-state index is 13.1. The molecular weight excluding hydrogens is 204 g/mol. The molecule has 0 spiro atoms. The fourth-order valence-corrected chi connectivity index (χ4v) is 1.06. The van der Waals surface area contributed by atoms with Crippen molar-refractivity contribution in [2.45, 2.75) is 13.0 Å². The minimum absolute atomic E-state index is 0.290. The standard InChI is InChI=1S/C10H11F2NO2/c1-6(5-14)13-10(15)9-7(11)3-2-4-8(9)12/h2-4,6,14H,5H2,1H3,(H,13,15)/t6-/m0/s1. The summed E-state index contributed by atoms with van der Waals surface area (Å²) in [7, 11) is 0. The van der Waals surface area contributed by atoms with Crippen LogP contribution in [0.15, 0.2) is 18.2 Å². The van der Waals surface area contributed by atoms with E-state index in [0.717, 1.165) is 12.1 Å². The first-order valence-corrected chi connectivity index (χ1v) is 4.42. The van der Waals surface area contributed by atoms with Crippen molar-refractivity contribution in [2.75, 3.05) is 6.61 Å². The van der Waals surface area contributed by atoms with Gasteiger partial charge in [-0.15, -0.1) is 0 Å². The molecule has 2 N–H and O–H groups in total. The zero-order chi connectivity index (χ0) is 11.4. The second-order valence-corrected chi connectivity index (χ2v) is 3.15. The first-order valence-electron chi connectivity index (χ1n) is 4.42. The van der Waals surface area contributed by atoms with Crippen molar-refractivity contribution in [3.63, 3.8) is 0 Å². The van der Waals surface area contributed by atoms with Crippen molar-refractivity contribution in [1.29, 1.82) is 0 Å². The Kier molecular flexibility index (Phi) is 3.74. The highest BCUT2D eigenvalue weighted by Crippen LogP contribution is 2.11. The van der Waals surface area contributed by atoms with Crippen molar-refractivity contribution in [3.8, 4) is 0 Å². The Morgan fingerprint density at radius 2 is 2.00 bits per heavy atom. The molecule has 1 atom stereocenters. The number of carbonyl (C=O) groups is 1. The smallest absolute Gasteiger partial charge is 0.257 e. The Hall–Kier alpha value is -1.49. The third-order valence-corrected chi connectivity index (χ3v) is 1.84. The van der Waals surface area contributed by atoms with E-state index >= 15 is 0 Å². The second-order valence-electron chi connectivity index (χ2n) is 3.15. The van der Waals surface area contributed by atoms with Crippen LogP contribution in [0.25, 0.3) is 0 Å². The summed E-state index contributed by atoms with van der Waals surface area (Å²) in [5.74, 6) is -2.71. The maximum Gasteiger partial charge on any atom is 0.257 e. The van der Waals surface area contributed by atoms with Crippen LogP contribution in [0, 0.1) is 11.6 Å². The summed E-state index contributed by atoms with van der Waals surface area (Å²) in [5, 5.41) is 10.9. The van der Waals surface area contributed by atoms with Gasteiger partial charge < -0.3 is 10.4 Å². The minimum Gasteiger partial charge on any atom is -0.394 e. The summed E-state index contributed by atoms with van der Waals surface area (Å²) in [6.07, 6.45) is 0. The zero-order valence-electron chi connectivity index (χ0n) is 8.13. The van der Waals surface area contributed by atoms with Crippen LogP contribution in [-0.4, -0.2) is 23.7 Å².